The summed E-state index contributed by atoms with van der Waals surface area (Å²) in [7, 11) is 0. The normalized spacial score (nSPS) is 17.3. The molecule has 1 saturated heterocycles. The van der Waals surface area contributed by atoms with E-state index in [-0.39, 0.29) is 11.6 Å². The molecule has 1 unspecified atom stereocenters. The maximum Gasteiger partial charge on any atom is 0.257 e. The quantitative estimate of drug-likeness (QED) is 0.681. The number of aromatic nitrogens is 3. The third-order valence-electron chi connectivity index (χ3n) is 5.34. The van der Waals surface area contributed by atoms with Crippen LogP contribution in [-0.4, -0.2) is 32.9 Å². The molecule has 148 valence electrons. The number of likely N-dealkylation sites (tertiary alicyclic amines) is 1. The number of piperidine rings is 1. The van der Waals surface area contributed by atoms with E-state index in [0.29, 0.717) is 51.8 Å². The van der Waals surface area contributed by atoms with Gasteiger partial charge in [0.2, 0.25) is 0 Å². The standard InChI is InChI=1S/C21H21ClN6O/c22-16-7-2-1-6-13(16)14-12-15-18(24)25-20(26-19(15)27-21(14)29)17-8-3-4-10-28(17)11-5-9-23/h1-2,6-7,12,17H,3-5,8,10-11H2,(H3,24,25,26,27,29). The summed E-state index contributed by atoms with van der Waals surface area (Å²) in [6.45, 7) is 1.57. The van der Waals surface area contributed by atoms with E-state index >= 15 is 0 Å². The van der Waals surface area contributed by atoms with Crippen molar-refractivity contribution in [3.05, 3.63) is 51.5 Å². The molecule has 1 fully saturated rings. The van der Waals surface area contributed by atoms with Gasteiger partial charge in [-0.1, -0.05) is 36.2 Å². The molecule has 8 heteroatoms. The van der Waals surface area contributed by atoms with E-state index < -0.39 is 0 Å². The topological polar surface area (TPSA) is 112 Å². The van der Waals surface area contributed by atoms with Crippen molar-refractivity contribution in [2.75, 3.05) is 18.8 Å². The predicted octanol–water partition coefficient (Wildman–Crippen LogP) is 3.66. The first kappa shape index (κ1) is 19.4. The van der Waals surface area contributed by atoms with Gasteiger partial charge in [-0.3, -0.25) is 9.69 Å². The van der Waals surface area contributed by atoms with Crippen LogP contribution in [0.5, 0.6) is 0 Å². The largest absolute Gasteiger partial charge is 0.383 e. The Morgan fingerprint density at radius 1 is 1.28 bits per heavy atom. The summed E-state index contributed by atoms with van der Waals surface area (Å²) in [4.78, 5) is 27.0. The number of pyridine rings is 1. The van der Waals surface area contributed by atoms with Crippen LogP contribution in [0.1, 0.15) is 37.5 Å². The number of nitrogens with two attached hydrogens (primary N) is 1. The highest BCUT2D eigenvalue weighted by atomic mass is 35.5. The molecule has 1 aliphatic rings. The zero-order valence-electron chi connectivity index (χ0n) is 15.9. The van der Waals surface area contributed by atoms with Crippen LogP contribution in [0.2, 0.25) is 5.02 Å². The molecule has 3 aromatic rings. The van der Waals surface area contributed by atoms with Crippen LogP contribution in [0, 0.1) is 11.3 Å². The predicted molar refractivity (Wildman–Crippen MR) is 113 cm³/mol. The number of H-pyrrole nitrogens is 1. The third kappa shape index (κ3) is 3.82. The summed E-state index contributed by atoms with van der Waals surface area (Å²) in [6, 6.07) is 11.1. The lowest BCUT2D eigenvalue weighted by Crippen LogP contribution is -2.35. The van der Waals surface area contributed by atoms with E-state index in [1.54, 1.807) is 18.2 Å². The molecule has 3 N–H and O–H groups in total. The van der Waals surface area contributed by atoms with Crippen molar-refractivity contribution in [1.82, 2.24) is 19.9 Å². The molecule has 0 spiro atoms. The smallest absolute Gasteiger partial charge is 0.257 e. The number of benzene rings is 1. The summed E-state index contributed by atoms with van der Waals surface area (Å²) in [5.41, 5.74) is 7.47. The van der Waals surface area contributed by atoms with Gasteiger partial charge >= 0.3 is 0 Å². The Labute approximate surface area is 173 Å². The molecule has 1 atom stereocenters. The van der Waals surface area contributed by atoms with Crippen LogP contribution in [0.3, 0.4) is 0 Å². The van der Waals surface area contributed by atoms with Crippen molar-refractivity contribution in [1.29, 1.82) is 5.26 Å². The van der Waals surface area contributed by atoms with Gasteiger partial charge in [0.25, 0.3) is 5.56 Å². The first-order valence-corrected chi connectivity index (χ1v) is 10.0. The van der Waals surface area contributed by atoms with Gasteiger partial charge in [-0.25, -0.2) is 9.97 Å². The average Bonchev–Trinajstić information content (AvgIpc) is 2.72. The molecular formula is C21H21ClN6O. The lowest BCUT2D eigenvalue weighted by atomic mass is 10.0. The Morgan fingerprint density at radius 2 is 2.10 bits per heavy atom. The van der Waals surface area contributed by atoms with Crippen LogP contribution in [0.25, 0.3) is 22.2 Å². The molecule has 0 radical (unpaired) electrons. The second kappa shape index (κ2) is 8.19. The first-order chi connectivity index (χ1) is 14.1. The minimum absolute atomic E-state index is 0.00412. The molecule has 0 amide bonds. The van der Waals surface area contributed by atoms with Crippen LogP contribution in [0.4, 0.5) is 5.82 Å². The van der Waals surface area contributed by atoms with E-state index in [2.05, 4.69) is 25.9 Å². The summed E-state index contributed by atoms with van der Waals surface area (Å²) < 4.78 is 0. The van der Waals surface area contributed by atoms with Gasteiger partial charge < -0.3 is 10.7 Å². The first-order valence-electron chi connectivity index (χ1n) is 9.65. The van der Waals surface area contributed by atoms with Gasteiger partial charge in [-0.2, -0.15) is 5.26 Å². The van der Waals surface area contributed by atoms with Gasteiger partial charge in [-0.15, -0.1) is 0 Å². The third-order valence-corrected chi connectivity index (χ3v) is 5.67. The lowest BCUT2D eigenvalue weighted by Gasteiger charge is -2.34. The molecule has 0 bridgehead atoms. The monoisotopic (exact) mass is 408 g/mol. The molecule has 3 heterocycles. The fourth-order valence-electron chi connectivity index (χ4n) is 3.90. The van der Waals surface area contributed by atoms with Gasteiger partial charge in [0, 0.05) is 29.1 Å². The number of hydrogen-bond donors (Lipinski definition) is 2. The lowest BCUT2D eigenvalue weighted by molar-refractivity contribution is 0.145. The molecule has 0 aliphatic carbocycles. The number of nitriles is 1. The Balaban J connectivity index is 1.78. The average molecular weight is 409 g/mol. The van der Waals surface area contributed by atoms with E-state index in [0.717, 1.165) is 25.8 Å². The number of anilines is 1. The van der Waals surface area contributed by atoms with Crippen molar-refractivity contribution in [2.45, 2.75) is 31.7 Å². The van der Waals surface area contributed by atoms with Gasteiger partial charge in [-0.05, 0) is 31.5 Å². The molecule has 1 aliphatic heterocycles. The SMILES string of the molecule is N#CCCN1CCCCC1c1nc(N)c2cc(-c3ccccc3Cl)c(=O)[nH]c2n1. The Morgan fingerprint density at radius 3 is 2.90 bits per heavy atom. The fourth-order valence-corrected chi connectivity index (χ4v) is 4.14. The number of hydrogen-bond acceptors (Lipinski definition) is 6. The van der Waals surface area contributed by atoms with Crippen molar-refractivity contribution in [3.63, 3.8) is 0 Å². The molecule has 7 nitrogen and oxygen atoms in total. The van der Waals surface area contributed by atoms with Crippen molar-refractivity contribution < 1.29 is 0 Å². The van der Waals surface area contributed by atoms with Crippen molar-refractivity contribution in [2.24, 2.45) is 0 Å². The second-order valence-corrected chi connectivity index (χ2v) is 7.58. The van der Waals surface area contributed by atoms with Gasteiger partial charge in [0.15, 0.2) is 0 Å². The Bertz CT molecular complexity index is 1150. The number of nitrogens with zero attached hydrogens (tertiary/aromatic N) is 4. The summed E-state index contributed by atoms with van der Waals surface area (Å²) in [6.07, 6.45) is 3.51. The highest BCUT2D eigenvalue weighted by Crippen LogP contribution is 2.32. The minimum Gasteiger partial charge on any atom is -0.383 e. The van der Waals surface area contributed by atoms with Crippen LogP contribution in [0.15, 0.2) is 35.1 Å². The minimum atomic E-state index is -0.278. The zero-order valence-corrected chi connectivity index (χ0v) is 16.6. The van der Waals surface area contributed by atoms with E-state index in [4.69, 9.17) is 22.6 Å². The van der Waals surface area contributed by atoms with Crippen LogP contribution in [-0.2, 0) is 0 Å². The van der Waals surface area contributed by atoms with Gasteiger partial charge in [0.05, 0.1) is 17.5 Å². The van der Waals surface area contributed by atoms with Gasteiger partial charge in [0.1, 0.15) is 17.3 Å². The number of nitrogens with one attached hydrogen (secondary N) is 1. The second-order valence-electron chi connectivity index (χ2n) is 7.18. The molecule has 29 heavy (non-hydrogen) atoms. The zero-order chi connectivity index (χ0) is 20.4. The van der Waals surface area contributed by atoms with Crippen molar-refractivity contribution in [3.8, 4) is 17.2 Å². The highest BCUT2D eigenvalue weighted by Gasteiger charge is 2.27. The number of nitrogen functional groups attached to an aromatic ring is 1. The molecule has 2 aromatic heterocycles. The number of halogens is 1. The Hall–Kier alpha value is -2.95. The molecule has 1 aromatic carbocycles. The number of aromatic amines is 1. The number of fused-ring (bicyclic) bond motifs is 1. The maximum absolute atomic E-state index is 12.7. The maximum atomic E-state index is 12.7. The fraction of sp³-hybridized carbons (Fsp3) is 0.333. The molecule has 4 rings (SSSR count). The van der Waals surface area contributed by atoms with Crippen LogP contribution >= 0.6 is 11.6 Å². The van der Waals surface area contributed by atoms with Crippen molar-refractivity contribution >= 4 is 28.5 Å². The number of rotatable bonds is 4. The van der Waals surface area contributed by atoms with Crippen LogP contribution < -0.4 is 11.3 Å². The molecular weight excluding hydrogens is 388 g/mol. The van der Waals surface area contributed by atoms with E-state index in [9.17, 15) is 4.79 Å². The summed E-state index contributed by atoms with van der Waals surface area (Å²) in [5.74, 6) is 0.911. The Kier molecular flexibility index (Phi) is 5.47. The van der Waals surface area contributed by atoms with E-state index in [1.165, 1.54) is 0 Å². The summed E-state index contributed by atoms with van der Waals surface area (Å²) >= 11 is 6.26. The summed E-state index contributed by atoms with van der Waals surface area (Å²) in [5, 5.41) is 10.0. The highest BCUT2D eigenvalue weighted by molar-refractivity contribution is 6.33. The van der Waals surface area contributed by atoms with E-state index in [1.807, 2.05) is 12.1 Å². The molecule has 0 saturated carbocycles.